The fourth-order valence-electron chi connectivity index (χ4n) is 5.80. The van der Waals surface area contributed by atoms with E-state index in [-0.39, 0.29) is 31.6 Å². The molecule has 8 nitrogen and oxygen atoms in total. The van der Waals surface area contributed by atoms with Crippen molar-refractivity contribution >= 4 is 30.7 Å². The molecule has 4 aromatic carbocycles. The number of nitrogens with two attached hydrogens (primary N) is 1. The maximum Gasteiger partial charge on any atom is 0.189 e. The van der Waals surface area contributed by atoms with Gasteiger partial charge in [0.05, 0.1) is 18.8 Å². The monoisotopic (exact) mass is 639 g/mol. The number of rotatable bonds is 13. The normalized spacial score (nSPS) is 17.5. The Morgan fingerprint density at radius 3 is 2.41 bits per heavy atom. The number of piperidine rings is 1. The fraction of sp³-hybridized carbons (Fsp3) is 0.351. The van der Waals surface area contributed by atoms with Crippen LogP contribution >= 0.6 is 0 Å². The Morgan fingerprint density at radius 2 is 1.70 bits per heavy atom. The number of Topliss-reactive ketones (excluding diaryl/α,β-unsaturated/α-hetero) is 1. The molecule has 2 N–H and O–H groups in total. The van der Waals surface area contributed by atoms with Crippen LogP contribution < -0.4 is 15.6 Å². The summed E-state index contributed by atoms with van der Waals surface area (Å²) in [7, 11) is -1.19. The number of ketones is 1. The zero-order valence-electron chi connectivity index (χ0n) is 26.8. The molecular weight excluding hydrogens is 597 g/mol. The first kappa shape index (κ1) is 33.3. The molecule has 1 saturated heterocycles. The Bertz CT molecular complexity index is 1620. The first-order chi connectivity index (χ1) is 22.1. The van der Waals surface area contributed by atoms with Gasteiger partial charge in [0, 0.05) is 44.6 Å². The third kappa shape index (κ3) is 8.61. The smallest absolute Gasteiger partial charge is 0.189 e. The number of ether oxygens (including phenoxy) is 3. The van der Waals surface area contributed by atoms with Crippen LogP contribution in [0, 0.1) is 0 Å². The van der Waals surface area contributed by atoms with Crippen LogP contribution in [0.25, 0.3) is 10.8 Å². The molecule has 0 spiro atoms. The van der Waals surface area contributed by atoms with E-state index in [1.807, 2.05) is 72.8 Å². The summed E-state index contributed by atoms with van der Waals surface area (Å²) in [6, 6.07) is 29.1. The van der Waals surface area contributed by atoms with Crippen molar-refractivity contribution in [2.75, 3.05) is 26.5 Å². The number of benzene rings is 4. The van der Waals surface area contributed by atoms with Gasteiger partial charge in [0.15, 0.2) is 12.6 Å². The average Bonchev–Trinajstić information content (AvgIpc) is 3.06. The van der Waals surface area contributed by atoms with E-state index in [4.69, 9.17) is 19.9 Å². The van der Waals surface area contributed by atoms with Gasteiger partial charge in [0.1, 0.15) is 11.8 Å². The number of fused-ring (bicyclic) bond motifs is 1. The van der Waals surface area contributed by atoms with Gasteiger partial charge in [-0.1, -0.05) is 98.5 Å². The lowest BCUT2D eigenvalue weighted by Crippen LogP contribution is -2.51. The molecule has 1 fully saturated rings. The maximum absolute atomic E-state index is 12.9. The predicted molar refractivity (Wildman–Crippen MR) is 181 cm³/mol. The van der Waals surface area contributed by atoms with Crippen LogP contribution in [0.4, 0.5) is 4.79 Å². The molecule has 1 aliphatic rings. The molecule has 1 heterocycles. The van der Waals surface area contributed by atoms with E-state index < -0.39 is 26.3 Å². The molecule has 1 aliphatic heterocycles. The van der Waals surface area contributed by atoms with Crippen LogP contribution in [0.3, 0.4) is 0 Å². The number of hydrogen-bond donors (Lipinski definition) is 1. The third-order valence-electron chi connectivity index (χ3n) is 8.52. The highest BCUT2D eigenvalue weighted by atomic mass is 28.3. The molecule has 0 aliphatic carbocycles. The standard InChI is InChI=1S/C37H44N2O6Si/c1-46(2,3)20-19-43-25-45-33-22-26(21-30-11-7-8-12-31(30)33)24-44-34-23-39(37(41)42)18-17-32(34)27-13-15-28(16-14-27)35(38)36(40)29-9-5-4-6-10-29/h4-16,21-22,32,34-35H,17-20,23-25,38H2,1-3H3,(H,41,42)/p-1. The molecule has 0 aromatic heterocycles. The molecule has 46 heavy (non-hydrogen) atoms. The Hall–Kier alpha value is -4.02. The average molecular weight is 640 g/mol. The van der Waals surface area contributed by atoms with E-state index in [9.17, 15) is 14.7 Å². The van der Waals surface area contributed by atoms with Crippen molar-refractivity contribution in [2.45, 2.75) is 56.8 Å². The Balaban J connectivity index is 1.30. The third-order valence-corrected chi connectivity index (χ3v) is 10.2. The van der Waals surface area contributed by atoms with Crippen molar-refractivity contribution < 1.29 is 28.9 Å². The molecule has 5 rings (SSSR count). The van der Waals surface area contributed by atoms with Gasteiger partial charge in [-0.25, -0.2) is 0 Å². The summed E-state index contributed by atoms with van der Waals surface area (Å²) in [5, 5.41) is 13.8. The number of likely N-dealkylation sites (tertiary alicyclic amines) is 1. The predicted octanol–water partition coefficient (Wildman–Crippen LogP) is 6.13. The van der Waals surface area contributed by atoms with Crippen molar-refractivity contribution in [3.63, 3.8) is 0 Å². The van der Waals surface area contributed by atoms with E-state index in [1.54, 1.807) is 12.1 Å². The molecule has 9 heteroatoms. The summed E-state index contributed by atoms with van der Waals surface area (Å²) in [6.45, 7) is 8.61. The number of nitrogens with zero attached hydrogens (tertiary/aromatic N) is 1. The second kappa shape index (κ2) is 15.0. The summed E-state index contributed by atoms with van der Waals surface area (Å²) < 4.78 is 18.4. The number of hydrogen-bond acceptors (Lipinski definition) is 7. The van der Waals surface area contributed by atoms with Crippen LogP contribution in [-0.2, 0) is 16.1 Å². The van der Waals surface area contributed by atoms with Crippen molar-refractivity contribution in [1.82, 2.24) is 4.90 Å². The highest BCUT2D eigenvalue weighted by molar-refractivity contribution is 6.76. The lowest BCUT2D eigenvalue weighted by atomic mass is 9.86. The van der Waals surface area contributed by atoms with Crippen LogP contribution in [0.15, 0.2) is 91.0 Å². The van der Waals surface area contributed by atoms with Gasteiger partial charge in [0.25, 0.3) is 0 Å². The summed E-state index contributed by atoms with van der Waals surface area (Å²) >= 11 is 0. The van der Waals surface area contributed by atoms with Gasteiger partial charge < -0.3 is 34.7 Å². The molecular formula is C37H43N2O6Si-. The first-order valence-electron chi connectivity index (χ1n) is 15.8. The van der Waals surface area contributed by atoms with E-state index in [2.05, 4.69) is 25.7 Å². The Kier molecular flexibility index (Phi) is 10.9. The van der Waals surface area contributed by atoms with Crippen LogP contribution in [0.5, 0.6) is 5.75 Å². The molecule has 3 atom stereocenters. The highest BCUT2D eigenvalue weighted by Gasteiger charge is 2.32. The minimum atomic E-state index is -1.21. The van der Waals surface area contributed by atoms with Crippen LogP contribution in [0.1, 0.15) is 45.4 Å². The number of carboxylic acid groups (broad SMARTS) is 1. The van der Waals surface area contributed by atoms with Crippen molar-refractivity contribution in [2.24, 2.45) is 5.73 Å². The zero-order chi connectivity index (χ0) is 32.7. The van der Waals surface area contributed by atoms with Gasteiger partial charge in [-0.2, -0.15) is 0 Å². The number of carbonyl (C=O) groups is 2. The number of amides is 1. The van der Waals surface area contributed by atoms with E-state index >= 15 is 0 Å². The molecule has 0 saturated carbocycles. The molecule has 1 amide bonds. The Labute approximate surface area is 272 Å². The summed E-state index contributed by atoms with van der Waals surface area (Å²) in [6.07, 6.45) is -1.03. The van der Waals surface area contributed by atoms with Gasteiger partial charge in [-0.15, -0.1) is 0 Å². The maximum atomic E-state index is 12.9. The minimum absolute atomic E-state index is 0.0540. The molecule has 0 bridgehead atoms. The van der Waals surface area contributed by atoms with Crippen LogP contribution in [-0.4, -0.2) is 57.4 Å². The minimum Gasteiger partial charge on any atom is -0.530 e. The quantitative estimate of drug-likeness (QED) is 0.0810. The summed E-state index contributed by atoms with van der Waals surface area (Å²) in [5.74, 6) is 0.522. The highest BCUT2D eigenvalue weighted by Crippen LogP contribution is 2.33. The van der Waals surface area contributed by atoms with Gasteiger partial charge in [0.2, 0.25) is 0 Å². The summed E-state index contributed by atoms with van der Waals surface area (Å²) in [4.78, 5) is 26.0. The van der Waals surface area contributed by atoms with Gasteiger partial charge >= 0.3 is 0 Å². The zero-order valence-corrected chi connectivity index (χ0v) is 27.8. The second-order valence-electron chi connectivity index (χ2n) is 13.1. The van der Waals surface area contributed by atoms with E-state index in [1.165, 1.54) is 4.90 Å². The first-order valence-corrected chi connectivity index (χ1v) is 19.5. The lowest BCUT2D eigenvalue weighted by Gasteiger charge is -2.40. The van der Waals surface area contributed by atoms with Gasteiger partial charge in [-0.05, 0) is 46.7 Å². The van der Waals surface area contributed by atoms with E-state index in [0.717, 1.165) is 39.3 Å². The molecule has 3 unspecified atom stereocenters. The molecule has 242 valence electrons. The SMILES string of the molecule is C[Si](C)(C)CCOCOc1cc(COC2CN(C(=O)[O-])CCC2c2ccc(C(N)C(=O)c3ccccc3)cc2)cc2ccccc12. The lowest BCUT2D eigenvalue weighted by molar-refractivity contribution is -0.268. The van der Waals surface area contributed by atoms with Crippen molar-refractivity contribution in [3.8, 4) is 5.75 Å². The fourth-order valence-corrected chi connectivity index (χ4v) is 6.56. The van der Waals surface area contributed by atoms with Crippen molar-refractivity contribution in [3.05, 3.63) is 113 Å². The largest absolute Gasteiger partial charge is 0.530 e. The van der Waals surface area contributed by atoms with E-state index in [0.29, 0.717) is 25.1 Å². The van der Waals surface area contributed by atoms with Crippen molar-refractivity contribution in [1.29, 1.82) is 0 Å². The summed E-state index contributed by atoms with van der Waals surface area (Å²) in [5.41, 5.74) is 9.54. The number of carbonyl (C=O) groups excluding carboxylic acids is 2. The topological polar surface area (TPSA) is 114 Å². The molecule has 0 radical (unpaired) electrons. The van der Waals surface area contributed by atoms with Gasteiger partial charge in [-0.3, -0.25) is 4.79 Å². The molecule has 4 aromatic rings. The second-order valence-corrected chi connectivity index (χ2v) is 18.7. The van der Waals surface area contributed by atoms with Crippen LogP contribution in [0.2, 0.25) is 25.7 Å². The Morgan fingerprint density at radius 1 is 0.978 bits per heavy atom.